The molecule has 0 amide bonds. The molecule has 2 saturated carbocycles. The predicted molar refractivity (Wildman–Crippen MR) is 125 cm³/mol. The minimum Gasteiger partial charge on any atom is -0.504 e. The van der Waals surface area contributed by atoms with Gasteiger partial charge in [0, 0.05) is 11.1 Å². The highest BCUT2D eigenvalue weighted by atomic mass is 19.4. The summed E-state index contributed by atoms with van der Waals surface area (Å²) in [5, 5.41) is 10.0. The van der Waals surface area contributed by atoms with Crippen molar-refractivity contribution in [1.82, 2.24) is 0 Å². The summed E-state index contributed by atoms with van der Waals surface area (Å²) in [5.74, 6) is -4.47. The molecule has 0 radical (unpaired) electrons. The molecule has 4 rings (SSSR count). The fourth-order valence-electron chi connectivity index (χ4n) is 6.31. The van der Waals surface area contributed by atoms with Gasteiger partial charge in [-0.2, -0.15) is 4.39 Å². The van der Waals surface area contributed by atoms with E-state index in [2.05, 4.69) is 11.7 Å². The summed E-state index contributed by atoms with van der Waals surface area (Å²) in [5.41, 5.74) is -0.630. The topological polar surface area (TPSA) is 29.5 Å². The highest BCUT2D eigenvalue weighted by Crippen LogP contribution is 2.46. The minimum atomic E-state index is -5.17. The SMILES string of the molecule is CCCC1CCC(C2CCC(c3ccc(-c4ccc(OC(F)(F)F)c(F)c4O)c(F)c3F)CC2)CC1. The normalized spacial score (nSPS) is 25.1. The summed E-state index contributed by atoms with van der Waals surface area (Å²) < 4.78 is 85.1. The number of aromatic hydroxyl groups is 1. The third-order valence-electron chi connectivity index (χ3n) is 8.18. The van der Waals surface area contributed by atoms with E-state index in [0.717, 1.165) is 37.7 Å². The van der Waals surface area contributed by atoms with Crippen LogP contribution in [0.4, 0.5) is 26.3 Å². The number of phenols is 1. The zero-order chi connectivity index (χ0) is 26.0. The van der Waals surface area contributed by atoms with Crippen LogP contribution in [0.1, 0.15) is 82.6 Å². The Balaban J connectivity index is 1.45. The Morgan fingerprint density at radius 2 is 1.36 bits per heavy atom. The first-order chi connectivity index (χ1) is 17.1. The van der Waals surface area contributed by atoms with Crippen molar-refractivity contribution in [2.24, 2.45) is 17.8 Å². The molecule has 2 aliphatic carbocycles. The second kappa shape index (κ2) is 10.9. The number of alkyl halides is 3. The maximum Gasteiger partial charge on any atom is 0.573 e. The second-order valence-corrected chi connectivity index (χ2v) is 10.3. The van der Waals surface area contributed by atoms with E-state index in [0.29, 0.717) is 17.9 Å². The minimum absolute atomic E-state index is 0.130. The molecule has 0 heterocycles. The lowest BCUT2D eigenvalue weighted by atomic mass is 9.68. The summed E-state index contributed by atoms with van der Waals surface area (Å²) in [6.45, 7) is 2.23. The van der Waals surface area contributed by atoms with Crippen LogP contribution >= 0.6 is 0 Å². The van der Waals surface area contributed by atoms with Gasteiger partial charge in [-0.3, -0.25) is 0 Å². The summed E-state index contributed by atoms with van der Waals surface area (Å²) in [7, 11) is 0. The fourth-order valence-corrected chi connectivity index (χ4v) is 6.31. The van der Waals surface area contributed by atoms with Gasteiger partial charge >= 0.3 is 6.36 Å². The van der Waals surface area contributed by atoms with Gasteiger partial charge in [0.05, 0.1) is 0 Å². The molecule has 36 heavy (non-hydrogen) atoms. The highest BCUT2D eigenvalue weighted by Gasteiger charge is 2.35. The van der Waals surface area contributed by atoms with Crippen molar-refractivity contribution in [3.05, 3.63) is 47.3 Å². The van der Waals surface area contributed by atoms with E-state index < -0.39 is 46.4 Å². The number of halogens is 6. The van der Waals surface area contributed by atoms with Gasteiger partial charge in [0.15, 0.2) is 23.1 Å². The molecule has 0 aliphatic heterocycles. The molecular weight excluding hydrogens is 482 g/mol. The lowest BCUT2D eigenvalue weighted by Crippen LogP contribution is -2.25. The summed E-state index contributed by atoms with van der Waals surface area (Å²) in [6, 6.07) is 4.18. The maximum atomic E-state index is 15.1. The monoisotopic (exact) mass is 514 g/mol. The lowest BCUT2D eigenvalue weighted by Gasteiger charge is -2.38. The molecule has 2 aromatic carbocycles. The maximum absolute atomic E-state index is 15.1. The Labute approximate surface area is 207 Å². The number of hydrogen-bond donors (Lipinski definition) is 1. The molecule has 0 atom stereocenters. The lowest BCUT2D eigenvalue weighted by molar-refractivity contribution is -0.275. The average Bonchev–Trinajstić information content (AvgIpc) is 2.84. The summed E-state index contributed by atoms with van der Waals surface area (Å²) >= 11 is 0. The van der Waals surface area contributed by atoms with Crippen molar-refractivity contribution in [3.8, 4) is 22.6 Å². The van der Waals surface area contributed by atoms with Gasteiger partial charge in [-0.1, -0.05) is 44.7 Å². The van der Waals surface area contributed by atoms with Crippen molar-refractivity contribution in [1.29, 1.82) is 0 Å². The molecule has 1 N–H and O–H groups in total. The molecule has 2 aliphatic rings. The van der Waals surface area contributed by atoms with E-state index in [9.17, 15) is 22.7 Å². The van der Waals surface area contributed by atoms with Gasteiger partial charge in [-0.25, -0.2) is 8.78 Å². The first-order valence-corrected chi connectivity index (χ1v) is 12.8. The third kappa shape index (κ3) is 5.78. The van der Waals surface area contributed by atoms with Gasteiger partial charge in [0.1, 0.15) is 0 Å². The van der Waals surface area contributed by atoms with Crippen LogP contribution < -0.4 is 4.74 Å². The van der Waals surface area contributed by atoms with E-state index in [4.69, 9.17) is 0 Å². The van der Waals surface area contributed by atoms with Gasteiger partial charge in [0.2, 0.25) is 5.82 Å². The van der Waals surface area contributed by atoms with E-state index in [1.54, 1.807) is 0 Å². The zero-order valence-corrected chi connectivity index (χ0v) is 20.3. The van der Waals surface area contributed by atoms with Gasteiger partial charge in [0.25, 0.3) is 0 Å². The van der Waals surface area contributed by atoms with Crippen LogP contribution in [0.25, 0.3) is 11.1 Å². The van der Waals surface area contributed by atoms with Crippen LogP contribution in [0.2, 0.25) is 0 Å². The number of ether oxygens (including phenoxy) is 1. The molecule has 198 valence electrons. The third-order valence-corrected chi connectivity index (χ3v) is 8.18. The largest absolute Gasteiger partial charge is 0.573 e. The van der Waals surface area contributed by atoms with Crippen molar-refractivity contribution in [2.75, 3.05) is 0 Å². The average molecular weight is 515 g/mol. The second-order valence-electron chi connectivity index (χ2n) is 10.3. The van der Waals surface area contributed by atoms with Crippen LogP contribution in [0, 0.1) is 35.2 Å². The highest BCUT2D eigenvalue weighted by molar-refractivity contribution is 5.72. The molecule has 0 spiro atoms. The Kier molecular flexibility index (Phi) is 8.10. The number of rotatable bonds is 6. The fraction of sp³-hybridized carbons (Fsp3) is 0.571. The molecule has 2 aromatic rings. The van der Waals surface area contributed by atoms with Gasteiger partial charge < -0.3 is 9.84 Å². The van der Waals surface area contributed by atoms with Crippen LogP contribution in [0.3, 0.4) is 0 Å². The van der Waals surface area contributed by atoms with E-state index in [-0.39, 0.29) is 11.5 Å². The smallest absolute Gasteiger partial charge is 0.504 e. The molecule has 0 saturated heterocycles. The van der Waals surface area contributed by atoms with Crippen LogP contribution in [-0.4, -0.2) is 11.5 Å². The Morgan fingerprint density at radius 1 is 0.778 bits per heavy atom. The molecule has 0 aromatic heterocycles. The van der Waals surface area contributed by atoms with Crippen LogP contribution in [-0.2, 0) is 0 Å². The van der Waals surface area contributed by atoms with E-state index in [1.807, 2.05) is 0 Å². The standard InChI is InChI=1S/C28H32F6O2/c1-2-3-16-4-6-17(7-5-16)18-8-10-19(11-9-18)20-12-13-21(25(30)24(20)29)22-14-15-23(26(31)27(22)35)36-28(32,33)34/h12-19,35H,2-11H2,1H3. The quantitative estimate of drug-likeness (QED) is 0.389. The summed E-state index contributed by atoms with van der Waals surface area (Å²) in [6.07, 6.45) is 5.93. The Hall–Kier alpha value is -2.38. The number of phenolic OH excluding ortho intramolecular Hbond substituents is 1. The summed E-state index contributed by atoms with van der Waals surface area (Å²) in [4.78, 5) is 0. The number of hydrogen-bond acceptors (Lipinski definition) is 2. The van der Waals surface area contributed by atoms with Crippen LogP contribution in [0.15, 0.2) is 24.3 Å². The van der Waals surface area contributed by atoms with Crippen molar-refractivity contribution >= 4 is 0 Å². The van der Waals surface area contributed by atoms with E-state index in [1.165, 1.54) is 50.7 Å². The Morgan fingerprint density at radius 3 is 1.94 bits per heavy atom. The predicted octanol–water partition coefficient (Wildman–Crippen LogP) is 9.26. The molecule has 2 fully saturated rings. The van der Waals surface area contributed by atoms with Gasteiger partial charge in [-0.15, -0.1) is 13.2 Å². The zero-order valence-electron chi connectivity index (χ0n) is 20.3. The molecule has 2 nitrogen and oxygen atoms in total. The molecular formula is C28H32F6O2. The van der Waals surface area contributed by atoms with Crippen molar-refractivity contribution < 1.29 is 36.2 Å². The molecule has 0 unspecified atom stereocenters. The van der Waals surface area contributed by atoms with E-state index >= 15 is 8.78 Å². The first-order valence-electron chi connectivity index (χ1n) is 12.8. The molecule has 0 bridgehead atoms. The van der Waals surface area contributed by atoms with Crippen molar-refractivity contribution in [2.45, 2.75) is 83.4 Å². The van der Waals surface area contributed by atoms with Gasteiger partial charge in [-0.05, 0) is 79.9 Å². The number of benzene rings is 2. The molecule has 8 heteroatoms. The van der Waals surface area contributed by atoms with Crippen LogP contribution in [0.5, 0.6) is 11.5 Å². The first kappa shape index (κ1) is 26.7. The van der Waals surface area contributed by atoms with Crippen molar-refractivity contribution in [3.63, 3.8) is 0 Å². The Bertz CT molecular complexity index is 1050.